The minimum Gasteiger partial charge on any atom is -0.465 e. The summed E-state index contributed by atoms with van der Waals surface area (Å²) in [6.45, 7) is 0. The third-order valence-electron chi connectivity index (χ3n) is 4.86. The number of nitrogens with one attached hydrogen (secondary N) is 1. The highest BCUT2D eigenvalue weighted by atomic mass is 35.5. The fraction of sp³-hybridized carbons (Fsp3) is 0.500. The molecule has 0 aromatic heterocycles. The van der Waals surface area contributed by atoms with Gasteiger partial charge in [-0.2, -0.15) is 0 Å². The van der Waals surface area contributed by atoms with E-state index in [1.54, 1.807) is 24.3 Å². The molecule has 3 rings (SSSR count). The van der Waals surface area contributed by atoms with Gasteiger partial charge in [0.15, 0.2) is 0 Å². The van der Waals surface area contributed by atoms with Gasteiger partial charge in [0.2, 0.25) is 5.91 Å². The Morgan fingerprint density at radius 1 is 1.18 bits per heavy atom. The van der Waals surface area contributed by atoms with E-state index in [-0.39, 0.29) is 36.2 Å². The highest BCUT2D eigenvalue weighted by Gasteiger charge is 2.49. The molecule has 2 saturated carbocycles. The molecule has 6 heteroatoms. The Morgan fingerprint density at radius 3 is 2.36 bits per heavy atom. The molecule has 2 aliphatic carbocycles. The number of amides is 1. The quantitative estimate of drug-likeness (QED) is 0.835. The monoisotopic (exact) mass is 324 g/mol. The van der Waals surface area contributed by atoms with E-state index in [1.807, 2.05) is 0 Å². The Kier molecular flexibility index (Phi) is 5.08. The van der Waals surface area contributed by atoms with Gasteiger partial charge in [0.1, 0.15) is 0 Å². The fourth-order valence-electron chi connectivity index (χ4n) is 3.76. The predicted molar refractivity (Wildman–Crippen MR) is 86.0 cm³/mol. The van der Waals surface area contributed by atoms with Crippen LogP contribution in [0.25, 0.3) is 0 Å². The van der Waals surface area contributed by atoms with Crippen LogP contribution in [0.15, 0.2) is 24.3 Å². The zero-order chi connectivity index (χ0) is 15.0. The molecule has 0 spiro atoms. The summed E-state index contributed by atoms with van der Waals surface area (Å²) in [6.07, 6.45) is 3.35. The second-order valence-electron chi connectivity index (χ2n) is 5.99. The van der Waals surface area contributed by atoms with Gasteiger partial charge in [-0.3, -0.25) is 4.79 Å². The molecule has 3 N–H and O–H groups in total. The van der Waals surface area contributed by atoms with Crippen LogP contribution in [0.4, 0.5) is 5.69 Å². The summed E-state index contributed by atoms with van der Waals surface area (Å²) in [5.74, 6) is 0.472. The maximum atomic E-state index is 12.4. The van der Waals surface area contributed by atoms with E-state index in [0.717, 1.165) is 19.3 Å². The van der Waals surface area contributed by atoms with E-state index >= 15 is 0 Å². The number of benzene rings is 1. The topological polar surface area (TPSA) is 81.4 Å². The number of rotatable bonds is 3. The van der Waals surface area contributed by atoms with Gasteiger partial charge in [0.05, 0.1) is 18.6 Å². The maximum absolute atomic E-state index is 12.4. The van der Waals surface area contributed by atoms with Crippen molar-refractivity contribution in [1.82, 2.24) is 0 Å². The van der Waals surface area contributed by atoms with Crippen molar-refractivity contribution in [2.45, 2.75) is 25.3 Å². The molecule has 120 valence electrons. The number of halogens is 1. The van der Waals surface area contributed by atoms with Gasteiger partial charge in [-0.1, -0.05) is 0 Å². The van der Waals surface area contributed by atoms with Crippen LogP contribution in [-0.4, -0.2) is 25.0 Å². The number of hydrogen-bond acceptors (Lipinski definition) is 4. The molecule has 4 unspecified atom stereocenters. The average Bonchev–Trinajstić information content (AvgIpc) is 3.08. The standard InChI is InChI=1S/C16H20N2O3.ClH/c1-21-16(20)9-4-6-12(7-5-9)18-15(19)13-10-2-3-11(8-10)14(13)17;/h4-7,10-11,13-14H,2-3,8,17H2,1H3,(H,18,19);1H. The molecule has 1 amide bonds. The van der Waals surface area contributed by atoms with E-state index < -0.39 is 0 Å². The molecular formula is C16H21ClN2O3. The van der Waals surface area contributed by atoms with Crippen molar-refractivity contribution in [3.8, 4) is 0 Å². The summed E-state index contributed by atoms with van der Waals surface area (Å²) in [7, 11) is 1.34. The molecule has 0 saturated heterocycles. The highest BCUT2D eigenvalue weighted by Crippen LogP contribution is 2.47. The molecule has 0 heterocycles. The summed E-state index contributed by atoms with van der Waals surface area (Å²) in [4.78, 5) is 23.8. The summed E-state index contributed by atoms with van der Waals surface area (Å²) in [5.41, 5.74) is 7.33. The van der Waals surface area contributed by atoms with Crippen LogP contribution in [0.2, 0.25) is 0 Å². The number of anilines is 1. The lowest BCUT2D eigenvalue weighted by atomic mass is 9.84. The number of carbonyl (C=O) groups is 2. The first kappa shape index (κ1) is 16.8. The Labute approximate surface area is 136 Å². The lowest BCUT2D eigenvalue weighted by Gasteiger charge is -2.27. The van der Waals surface area contributed by atoms with E-state index in [1.165, 1.54) is 7.11 Å². The smallest absolute Gasteiger partial charge is 0.337 e. The number of fused-ring (bicyclic) bond motifs is 2. The zero-order valence-corrected chi connectivity index (χ0v) is 13.3. The average molecular weight is 325 g/mol. The number of ether oxygens (including phenoxy) is 1. The zero-order valence-electron chi connectivity index (χ0n) is 12.5. The summed E-state index contributed by atoms with van der Waals surface area (Å²) < 4.78 is 4.64. The van der Waals surface area contributed by atoms with Gasteiger partial charge in [0, 0.05) is 11.7 Å². The molecular weight excluding hydrogens is 304 g/mol. The third kappa shape index (κ3) is 2.96. The Hall–Kier alpha value is -1.59. The second kappa shape index (κ2) is 6.67. The summed E-state index contributed by atoms with van der Waals surface area (Å²) in [6, 6.07) is 6.69. The highest BCUT2D eigenvalue weighted by molar-refractivity contribution is 5.95. The van der Waals surface area contributed by atoms with Gasteiger partial charge in [-0.05, 0) is 55.4 Å². The number of hydrogen-bond donors (Lipinski definition) is 2. The van der Waals surface area contributed by atoms with Crippen LogP contribution < -0.4 is 11.1 Å². The van der Waals surface area contributed by atoms with Gasteiger partial charge in [-0.25, -0.2) is 4.79 Å². The van der Waals surface area contributed by atoms with Crippen LogP contribution in [0, 0.1) is 17.8 Å². The Balaban J connectivity index is 0.00000176. The van der Waals surface area contributed by atoms with E-state index in [2.05, 4.69) is 10.1 Å². The first-order valence-electron chi connectivity index (χ1n) is 7.35. The molecule has 2 aliphatic rings. The normalized spacial score (nSPS) is 28.8. The second-order valence-corrected chi connectivity index (χ2v) is 5.99. The van der Waals surface area contributed by atoms with Crippen molar-refractivity contribution in [1.29, 1.82) is 0 Å². The fourth-order valence-corrected chi connectivity index (χ4v) is 3.76. The molecule has 1 aromatic carbocycles. The Bertz CT molecular complexity index is 559. The molecule has 2 bridgehead atoms. The minimum atomic E-state index is -0.386. The van der Waals surface area contributed by atoms with Crippen LogP contribution in [0.3, 0.4) is 0 Å². The van der Waals surface area contributed by atoms with Gasteiger partial charge in [-0.15, -0.1) is 12.4 Å². The van der Waals surface area contributed by atoms with Crippen LogP contribution >= 0.6 is 12.4 Å². The largest absolute Gasteiger partial charge is 0.465 e. The minimum absolute atomic E-state index is 0. The van der Waals surface area contributed by atoms with Gasteiger partial charge >= 0.3 is 5.97 Å². The lowest BCUT2D eigenvalue weighted by molar-refractivity contribution is -0.121. The van der Waals surface area contributed by atoms with Crippen LogP contribution in [0.1, 0.15) is 29.6 Å². The third-order valence-corrected chi connectivity index (χ3v) is 4.86. The van der Waals surface area contributed by atoms with Gasteiger partial charge < -0.3 is 15.8 Å². The van der Waals surface area contributed by atoms with Crippen molar-refractivity contribution < 1.29 is 14.3 Å². The van der Waals surface area contributed by atoms with Crippen molar-refractivity contribution >= 4 is 30.0 Å². The summed E-state index contributed by atoms with van der Waals surface area (Å²) in [5, 5.41) is 2.91. The van der Waals surface area contributed by atoms with Crippen molar-refractivity contribution in [3.63, 3.8) is 0 Å². The SMILES string of the molecule is COC(=O)c1ccc(NC(=O)C2C3CCC(C3)C2N)cc1.Cl. The number of carbonyl (C=O) groups excluding carboxylic acids is 2. The first-order valence-corrected chi connectivity index (χ1v) is 7.35. The van der Waals surface area contributed by atoms with Gasteiger partial charge in [0.25, 0.3) is 0 Å². The number of nitrogens with two attached hydrogens (primary N) is 1. The molecule has 1 aromatic rings. The van der Waals surface area contributed by atoms with Crippen LogP contribution in [0.5, 0.6) is 0 Å². The molecule has 0 radical (unpaired) electrons. The molecule has 22 heavy (non-hydrogen) atoms. The van der Waals surface area contributed by atoms with E-state index in [9.17, 15) is 9.59 Å². The molecule has 0 aliphatic heterocycles. The van der Waals surface area contributed by atoms with Crippen molar-refractivity contribution in [2.75, 3.05) is 12.4 Å². The predicted octanol–water partition coefficient (Wildman–Crippen LogP) is 2.21. The number of methoxy groups -OCH3 is 1. The summed E-state index contributed by atoms with van der Waals surface area (Å²) >= 11 is 0. The Morgan fingerprint density at radius 2 is 1.82 bits per heavy atom. The van der Waals surface area contributed by atoms with Crippen LogP contribution in [-0.2, 0) is 9.53 Å². The lowest BCUT2D eigenvalue weighted by Crippen LogP contribution is -2.42. The molecule has 4 atom stereocenters. The van der Waals surface area contributed by atoms with Crippen molar-refractivity contribution in [3.05, 3.63) is 29.8 Å². The molecule has 2 fully saturated rings. The maximum Gasteiger partial charge on any atom is 0.337 e. The number of esters is 1. The first-order chi connectivity index (χ1) is 10.1. The van der Waals surface area contributed by atoms with Crippen molar-refractivity contribution in [2.24, 2.45) is 23.5 Å². The molecule has 5 nitrogen and oxygen atoms in total. The van der Waals surface area contributed by atoms with E-state index in [4.69, 9.17) is 5.73 Å². The van der Waals surface area contributed by atoms with E-state index in [0.29, 0.717) is 23.1 Å².